The van der Waals surface area contributed by atoms with Crippen molar-refractivity contribution in [1.82, 2.24) is 0 Å². The summed E-state index contributed by atoms with van der Waals surface area (Å²) < 4.78 is 0. The topological polar surface area (TPSA) is 37.3 Å². The lowest BCUT2D eigenvalue weighted by molar-refractivity contribution is -0.141. The second-order valence-corrected chi connectivity index (χ2v) is 5.85. The van der Waals surface area contributed by atoms with Crippen molar-refractivity contribution in [2.75, 3.05) is 0 Å². The molecule has 0 spiro atoms. The molecule has 92 valence electrons. The van der Waals surface area contributed by atoms with Crippen molar-refractivity contribution in [3.63, 3.8) is 0 Å². The Kier molecular flexibility index (Phi) is 2.98. The van der Waals surface area contributed by atoms with Crippen LogP contribution < -0.4 is 0 Å². The summed E-state index contributed by atoms with van der Waals surface area (Å²) in [6, 6.07) is 8.46. The molecule has 0 fully saturated rings. The summed E-state index contributed by atoms with van der Waals surface area (Å²) in [6.07, 6.45) is 1.81. The zero-order valence-corrected chi connectivity index (χ0v) is 10.7. The number of hydrogen-bond donors (Lipinski definition) is 1. The van der Waals surface area contributed by atoms with Gasteiger partial charge in [-0.05, 0) is 35.3 Å². The first kappa shape index (κ1) is 12.2. The summed E-state index contributed by atoms with van der Waals surface area (Å²) in [6.45, 7) is 6.30. The number of fused-ring (bicyclic) bond motifs is 1. The smallest absolute Gasteiger partial charge is 0.306 e. The highest BCUT2D eigenvalue weighted by molar-refractivity contribution is 5.69. The molecule has 0 saturated heterocycles. The van der Waals surface area contributed by atoms with E-state index in [1.54, 1.807) is 6.92 Å². The molecule has 0 heterocycles. The largest absolute Gasteiger partial charge is 0.481 e. The zero-order chi connectivity index (χ0) is 12.6. The Labute approximate surface area is 103 Å². The highest BCUT2D eigenvalue weighted by Crippen LogP contribution is 2.47. The average molecular weight is 232 g/mol. The fourth-order valence-corrected chi connectivity index (χ4v) is 3.04. The molecule has 0 aliphatic heterocycles. The monoisotopic (exact) mass is 232 g/mol. The Morgan fingerprint density at radius 3 is 2.76 bits per heavy atom. The van der Waals surface area contributed by atoms with E-state index in [-0.39, 0.29) is 11.3 Å². The average Bonchev–Trinajstić information content (AvgIpc) is 2.51. The van der Waals surface area contributed by atoms with Crippen LogP contribution in [0.15, 0.2) is 24.3 Å². The number of hydrogen-bond acceptors (Lipinski definition) is 1. The second-order valence-electron chi connectivity index (χ2n) is 5.85. The number of carbonyl (C=O) groups is 1. The van der Waals surface area contributed by atoms with Crippen LogP contribution in [-0.2, 0) is 10.2 Å². The van der Waals surface area contributed by atoms with Gasteiger partial charge in [-0.2, -0.15) is 0 Å². The van der Waals surface area contributed by atoms with E-state index in [1.165, 1.54) is 11.1 Å². The van der Waals surface area contributed by atoms with Crippen LogP contribution in [0.1, 0.15) is 50.7 Å². The Hall–Kier alpha value is -1.31. The molecule has 1 aliphatic rings. The summed E-state index contributed by atoms with van der Waals surface area (Å²) in [5, 5.41) is 9.02. The minimum Gasteiger partial charge on any atom is -0.481 e. The van der Waals surface area contributed by atoms with Crippen LogP contribution in [0.5, 0.6) is 0 Å². The van der Waals surface area contributed by atoms with E-state index in [0.29, 0.717) is 5.92 Å². The van der Waals surface area contributed by atoms with Crippen molar-refractivity contribution < 1.29 is 9.90 Å². The maximum atomic E-state index is 11.0. The third kappa shape index (κ3) is 2.21. The van der Waals surface area contributed by atoms with Crippen LogP contribution in [0.2, 0.25) is 0 Å². The van der Waals surface area contributed by atoms with E-state index >= 15 is 0 Å². The maximum absolute atomic E-state index is 11.0. The first-order valence-corrected chi connectivity index (χ1v) is 6.24. The van der Waals surface area contributed by atoms with Crippen LogP contribution in [0.3, 0.4) is 0 Å². The first-order chi connectivity index (χ1) is 7.92. The lowest BCUT2D eigenvalue weighted by Gasteiger charge is -2.19. The van der Waals surface area contributed by atoms with E-state index in [2.05, 4.69) is 38.1 Å². The third-order valence-electron chi connectivity index (χ3n) is 3.95. The summed E-state index contributed by atoms with van der Waals surface area (Å²) >= 11 is 0. The van der Waals surface area contributed by atoms with E-state index in [9.17, 15) is 4.79 Å². The Morgan fingerprint density at radius 1 is 1.47 bits per heavy atom. The molecule has 2 nitrogen and oxygen atoms in total. The molecular formula is C15H20O2. The number of rotatable bonds is 3. The summed E-state index contributed by atoms with van der Waals surface area (Å²) in [7, 11) is 0. The van der Waals surface area contributed by atoms with Gasteiger partial charge >= 0.3 is 5.97 Å². The molecule has 1 aromatic carbocycles. The minimum atomic E-state index is -0.688. The van der Waals surface area contributed by atoms with Gasteiger partial charge in [0.25, 0.3) is 0 Å². The molecule has 0 amide bonds. The quantitative estimate of drug-likeness (QED) is 0.865. The molecule has 2 unspecified atom stereocenters. The summed E-state index contributed by atoms with van der Waals surface area (Å²) in [4.78, 5) is 11.0. The van der Waals surface area contributed by atoms with E-state index < -0.39 is 5.97 Å². The Bertz CT molecular complexity index is 434. The molecule has 1 aliphatic carbocycles. The van der Waals surface area contributed by atoms with Gasteiger partial charge in [0.05, 0.1) is 5.92 Å². The van der Waals surface area contributed by atoms with Crippen LogP contribution in [0, 0.1) is 5.92 Å². The van der Waals surface area contributed by atoms with Crippen molar-refractivity contribution >= 4 is 5.97 Å². The Morgan fingerprint density at radius 2 is 2.12 bits per heavy atom. The van der Waals surface area contributed by atoms with Crippen molar-refractivity contribution in [1.29, 1.82) is 0 Å². The van der Waals surface area contributed by atoms with Gasteiger partial charge in [0, 0.05) is 0 Å². The van der Waals surface area contributed by atoms with E-state index in [0.717, 1.165) is 12.8 Å². The predicted octanol–water partition coefficient (Wildman–Crippen LogP) is 3.56. The molecule has 2 rings (SSSR count). The first-order valence-electron chi connectivity index (χ1n) is 6.24. The van der Waals surface area contributed by atoms with Crippen LogP contribution in [0.4, 0.5) is 0 Å². The van der Waals surface area contributed by atoms with Gasteiger partial charge in [-0.15, -0.1) is 0 Å². The van der Waals surface area contributed by atoms with Gasteiger partial charge in [0.15, 0.2) is 0 Å². The molecule has 0 saturated carbocycles. The SMILES string of the molecule is CC(CC1CC(C)(C)c2ccccc21)C(=O)O. The number of carboxylic acid groups (broad SMARTS) is 1. The second kappa shape index (κ2) is 4.17. The number of aliphatic carboxylic acids is 1. The number of carboxylic acids is 1. The van der Waals surface area contributed by atoms with Gasteiger partial charge in [0.2, 0.25) is 0 Å². The van der Waals surface area contributed by atoms with Crippen molar-refractivity contribution in [2.45, 2.75) is 44.9 Å². The third-order valence-corrected chi connectivity index (χ3v) is 3.95. The lowest BCUT2D eigenvalue weighted by atomic mass is 9.85. The molecule has 0 radical (unpaired) electrons. The van der Waals surface area contributed by atoms with Gasteiger partial charge in [-0.1, -0.05) is 45.0 Å². The fraction of sp³-hybridized carbons (Fsp3) is 0.533. The van der Waals surface area contributed by atoms with Gasteiger partial charge in [-0.3, -0.25) is 4.79 Å². The van der Waals surface area contributed by atoms with Crippen LogP contribution >= 0.6 is 0 Å². The normalized spacial score (nSPS) is 23.1. The fourth-order valence-electron chi connectivity index (χ4n) is 3.04. The van der Waals surface area contributed by atoms with Gasteiger partial charge < -0.3 is 5.11 Å². The van der Waals surface area contributed by atoms with Crippen LogP contribution in [-0.4, -0.2) is 11.1 Å². The zero-order valence-electron chi connectivity index (χ0n) is 10.7. The van der Waals surface area contributed by atoms with Gasteiger partial charge in [-0.25, -0.2) is 0 Å². The molecule has 2 heteroatoms. The van der Waals surface area contributed by atoms with Crippen LogP contribution in [0.25, 0.3) is 0 Å². The molecule has 2 atom stereocenters. The standard InChI is InChI=1S/C15H20O2/c1-10(14(16)17)8-11-9-15(2,3)13-7-5-4-6-12(11)13/h4-7,10-11H,8-9H2,1-3H3,(H,16,17). The van der Waals surface area contributed by atoms with Crippen molar-refractivity contribution in [3.8, 4) is 0 Å². The van der Waals surface area contributed by atoms with Gasteiger partial charge in [0.1, 0.15) is 0 Å². The lowest BCUT2D eigenvalue weighted by Crippen LogP contribution is -2.15. The van der Waals surface area contributed by atoms with E-state index in [1.807, 2.05) is 0 Å². The molecule has 1 aromatic rings. The summed E-state index contributed by atoms with van der Waals surface area (Å²) in [5.74, 6) is -0.554. The Balaban J connectivity index is 2.26. The molecule has 0 aromatic heterocycles. The van der Waals surface area contributed by atoms with Crippen molar-refractivity contribution in [3.05, 3.63) is 35.4 Å². The van der Waals surface area contributed by atoms with E-state index in [4.69, 9.17) is 5.11 Å². The maximum Gasteiger partial charge on any atom is 0.306 e. The highest BCUT2D eigenvalue weighted by Gasteiger charge is 2.37. The van der Waals surface area contributed by atoms with Crippen molar-refractivity contribution in [2.24, 2.45) is 5.92 Å². The molecule has 1 N–H and O–H groups in total. The molecular weight excluding hydrogens is 212 g/mol. The highest BCUT2D eigenvalue weighted by atomic mass is 16.4. The number of benzene rings is 1. The molecule has 0 bridgehead atoms. The predicted molar refractivity (Wildman–Crippen MR) is 68.2 cm³/mol. The summed E-state index contributed by atoms with van der Waals surface area (Å²) in [5.41, 5.74) is 2.92. The molecule has 17 heavy (non-hydrogen) atoms. The minimum absolute atomic E-state index is 0.180.